The molecule has 2 heteroatoms. The van der Waals surface area contributed by atoms with E-state index in [9.17, 15) is 0 Å². The van der Waals surface area contributed by atoms with E-state index in [0.29, 0.717) is 5.92 Å². The van der Waals surface area contributed by atoms with Gasteiger partial charge in [-0.15, -0.1) is 0 Å². The largest absolute Gasteiger partial charge is 0.316 e. The standard InChI is InChI=1S/C13H16ClN/c1-9(2)11-5-12(7-13(14)6-11)10-3-4-15-8-10/h5-7,10,15H,1,3-4,8H2,2H3. The first-order valence-electron chi connectivity index (χ1n) is 5.34. The van der Waals surface area contributed by atoms with Crippen molar-refractivity contribution in [3.05, 3.63) is 40.9 Å². The second-order valence-corrected chi connectivity index (χ2v) is 4.68. The van der Waals surface area contributed by atoms with Gasteiger partial charge in [0.25, 0.3) is 0 Å². The molecule has 0 spiro atoms. The first kappa shape index (κ1) is 10.7. The van der Waals surface area contributed by atoms with Crippen LogP contribution in [0.5, 0.6) is 0 Å². The fourth-order valence-corrected chi connectivity index (χ4v) is 2.28. The Morgan fingerprint density at radius 2 is 2.27 bits per heavy atom. The van der Waals surface area contributed by atoms with Crippen molar-refractivity contribution in [2.75, 3.05) is 13.1 Å². The van der Waals surface area contributed by atoms with Crippen molar-refractivity contribution in [1.82, 2.24) is 5.32 Å². The van der Waals surface area contributed by atoms with Crippen LogP contribution in [0, 0.1) is 0 Å². The second kappa shape index (κ2) is 4.38. The molecular weight excluding hydrogens is 206 g/mol. The topological polar surface area (TPSA) is 12.0 Å². The summed E-state index contributed by atoms with van der Waals surface area (Å²) in [6.07, 6.45) is 1.20. The van der Waals surface area contributed by atoms with Gasteiger partial charge in [0.1, 0.15) is 0 Å². The molecule has 0 bridgehead atoms. The number of hydrogen-bond acceptors (Lipinski definition) is 1. The number of benzene rings is 1. The van der Waals surface area contributed by atoms with Crippen LogP contribution in [-0.4, -0.2) is 13.1 Å². The lowest BCUT2D eigenvalue weighted by atomic mass is 9.95. The second-order valence-electron chi connectivity index (χ2n) is 4.24. The third-order valence-corrected chi connectivity index (χ3v) is 3.16. The average Bonchev–Trinajstić information content (AvgIpc) is 2.69. The van der Waals surface area contributed by atoms with Crippen molar-refractivity contribution < 1.29 is 0 Å². The average molecular weight is 222 g/mol. The first-order valence-corrected chi connectivity index (χ1v) is 5.71. The van der Waals surface area contributed by atoms with E-state index >= 15 is 0 Å². The highest BCUT2D eigenvalue weighted by Gasteiger charge is 2.17. The first-order chi connectivity index (χ1) is 7.16. The highest BCUT2D eigenvalue weighted by molar-refractivity contribution is 6.30. The van der Waals surface area contributed by atoms with Gasteiger partial charge in [0.2, 0.25) is 0 Å². The van der Waals surface area contributed by atoms with Crippen molar-refractivity contribution in [3.63, 3.8) is 0 Å². The van der Waals surface area contributed by atoms with Crippen molar-refractivity contribution >= 4 is 17.2 Å². The summed E-state index contributed by atoms with van der Waals surface area (Å²) in [5.41, 5.74) is 3.57. The monoisotopic (exact) mass is 221 g/mol. The van der Waals surface area contributed by atoms with Gasteiger partial charge in [-0.05, 0) is 49.1 Å². The van der Waals surface area contributed by atoms with Crippen LogP contribution in [0.4, 0.5) is 0 Å². The molecule has 1 aromatic carbocycles. The van der Waals surface area contributed by atoms with Crippen LogP contribution < -0.4 is 5.32 Å². The van der Waals surface area contributed by atoms with Gasteiger partial charge in [0, 0.05) is 11.6 Å². The number of halogens is 1. The van der Waals surface area contributed by atoms with E-state index in [1.54, 1.807) is 0 Å². The summed E-state index contributed by atoms with van der Waals surface area (Å²) in [7, 11) is 0. The molecule has 1 aliphatic rings. The van der Waals surface area contributed by atoms with Crippen LogP contribution in [0.1, 0.15) is 30.4 Å². The van der Waals surface area contributed by atoms with Crippen molar-refractivity contribution in [3.8, 4) is 0 Å². The van der Waals surface area contributed by atoms with Gasteiger partial charge >= 0.3 is 0 Å². The van der Waals surface area contributed by atoms with E-state index in [2.05, 4.69) is 24.0 Å². The summed E-state index contributed by atoms with van der Waals surface area (Å²) in [5.74, 6) is 0.613. The van der Waals surface area contributed by atoms with Crippen molar-refractivity contribution in [2.45, 2.75) is 19.3 Å². The molecule has 1 atom stereocenters. The Bertz CT molecular complexity index is 378. The zero-order valence-corrected chi connectivity index (χ0v) is 9.77. The van der Waals surface area contributed by atoms with Crippen LogP contribution in [0.2, 0.25) is 5.02 Å². The van der Waals surface area contributed by atoms with Gasteiger partial charge in [-0.3, -0.25) is 0 Å². The molecule has 0 saturated carbocycles. The predicted octanol–water partition coefficient (Wildman–Crippen LogP) is 3.45. The lowest BCUT2D eigenvalue weighted by Crippen LogP contribution is -2.08. The van der Waals surface area contributed by atoms with E-state index in [-0.39, 0.29) is 0 Å². The SMILES string of the molecule is C=C(C)c1cc(Cl)cc(C2CCNC2)c1. The Morgan fingerprint density at radius 3 is 2.87 bits per heavy atom. The highest BCUT2D eigenvalue weighted by atomic mass is 35.5. The summed E-state index contributed by atoms with van der Waals surface area (Å²) in [4.78, 5) is 0. The molecule has 1 aromatic rings. The van der Waals surface area contributed by atoms with Crippen molar-refractivity contribution in [1.29, 1.82) is 0 Å². The minimum Gasteiger partial charge on any atom is -0.316 e. The summed E-state index contributed by atoms with van der Waals surface area (Å²) in [6, 6.07) is 6.27. The molecule has 0 amide bonds. The molecule has 0 aliphatic carbocycles. The number of allylic oxidation sites excluding steroid dienone is 1. The minimum absolute atomic E-state index is 0.613. The Morgan fingerprint density at radius 1 is 1.47 bits per heavy atom. The smallest absolute Gasteiger partial charge is 0.0414 e. The maximum absolute atomic E-state index is 6.11. The molecule has 2 rings (SSSR count). The van der Waals surface area contributed by atoms with Gasteiger partial charge in [0.15, 0.2) is 0 Å². The van der Waals surface area contributed by atoms with Crippen molar-refractivity contribution in [2.24, 2.45) is 0 Å². The van der Waals surface area contributed by atoms with E-state index in [4.69, 9.17) is 11.6 Å². The van der Waals surface area contributed by atoms with Gasteiger partial charge in [-0.2, -0.15) is 0 Å². The summed E-state index contributed by atoms with van der Waals surface area (Å²) >= 11 is 6.11. The molecule has 0 aromatic heterocycles. The van der Waals surface area contributed by atoms with Gasteiger partial charge < -0.3 is 5.32 Å². The number of rotatable bonds is 2. The van der Waals surface area contributed by atoms with E-state index in [0.717, 1.165) is 29.2 Å². The van der Waals surface area contributed by atoms with Crippen LogP contribution in [0.25, 0.3) is 5.57 Å². The van der Waals surface area contributed by atoms with Crippen LogP contribution in [0.3, 0.4) is 0 Å². The maximum atomic E-state index is 6.11. The molecule has 1 fully saturated rings. The molecule has 1 heterocycles. The summed E-state index contributed by atoms with van der Waals surface area (Å²) in [6.45, 7) is 8.15. The molecule has 1 aliphatic heterocycles. The quantitative estimate of drug-likeness (QED) is 0.807. The molecule has 15 heavy (non-hydrogen) atoms. The molecule has 1 N–H and O–H groups in total. The third kappa shape index (κ3) is 2.42. The lowest BCUT2D eigenvalue weighted by molar-refractivity contribution is 0.763. The van der Waals surface area contributed by atoms with Crippen LogP contribution >= 0.6 is 11.6 Å². The number of nitrogens with one attached hydrogen (secondary N) is 1. The lowest BCUT2D eigenvalue weighted by Gasteiger charge is -2.11. The predicted molar refractivity (Wildman–Crippen MR) is 66.4 cm³/mol. The van der Waals surface area contributed by atoms with E-state index in [1.807, 2.05) is 13.0 Å². The minimum atomic E-state index is 0.613. The Hall–Kier alpha value is -0.790. The fraction of sp³-hybridized carbons (Fsp3) is 0.385. The Balaban J connectivity index is 2.34. The van der Waals surface area contributed by atoms with Crippen LogP contribution in [-0.2, 0) is 0 Å². The molecule has 1 nitrogen and oxygen atoms in total. The zero-order chi connectivity index (χ0) is 10.8. The molecule has 0 radical (unpaired) electrons. The van der Waals surface area contributed by atoms with Gasteiger partial charge in [-0.25, -0.2) is 0 Å². The fourth-order valence-electron chi connectivity index (χ4n) is 2.03. The molecular formula is C13H16ClN. The maximum Gasteiger partial charge on any atom is 0.0414 e. The summed E-state index contributed by atoms with van der Waals surface area (Å²) in [5, 5.41) is 4.19. The van der Waals surface area contributed by atoms with E-state index < -0.39 is 0 Å². The van der Waals surface area contributed by atoms with Crippen LogP contribution in [0.15, 0.2) is 24.8 Å². The molecule has 80 valence electrons. The van der Waals surface area contributed by atoms with Gasteiger partial charge in [-0.1, -0.05) is 29.8 Å². The highest BCUT2D eigenvalue weighted by Crippen LogP contribution is 2.28. The summed E-state index contributed by atoms with van der Waals surface area (Å²) < 4.78 is 0. The Labute approximate surface area is 96.1 Å². The zero-order valence-electron chi connectivity index (χ0n) is 9.02. The molecule has 1 unspecified atom stereocenters. The number of hydrogen-bond donors (Lipinski definition) is 1. The van der Waals surface area contributed by atoms with E-state index in [1.165, 1.54) is 12.0 Å². The Kier molecular flexibility index (Phi) is 3.13. The normalized spacial score (nSPS) is 20.5. The molecule has 1 saturated heterocycles. The third-order valence-electron chi connectivity index (χ3n) is 2.94. The van der Waals surface area contributed by atoms with Gasteiger partial charge in [0.05, 0.1) is 0 Å².